The zero-order valence-electron chi connectivity index (χ0n) is 12.9. The summed E-state index contributed by atoms with van der Waals surface area (Å²) in [5.41, 5.74) is 0.828. The van der Waals surface area contributed by atoms with Gasteiger partial charge in [-0.15, -0.1) is 0 Å². The number of amides is 1. The predicted molar refractivity (Wildman–Crippen MR) is 81.9 cm³/mol. The second-order valence-corrected chi connectivity index (χ2v) is 4.83. The van der Waals surface area contributed by atoms with Crippen molar-refractivity contribution in [2.45, 2.75) is 32.6 Å². The molecule has 0 spiro atoms. The van der Waals surface area contributed by atoms with Crippen LogP contribution >= 0.6 is 0 Å². The molecule has 0 radical (unpaired) electrons. The van der Waals surface area contributed by atoms with Gasteiger partial charge < -0.3 is 14.7 Å². The maximum Gasteiger partial charge on any atom is 0.337 e. The first-order valence-electron chi connectivity index (χ1n) is 7.20. The van der Waals surface area contributed by atoms with Crippen LogP contribution in [0.4, 0.5) is 5.69 Å². The Morgan fingerprint density at radius 2 is 1.95 bits per heavy atom. The van der Waals surface area contributed by atoms with E-state index in [2.05, 4.69) is 4.74 Å². The number of anilines is 1. The van der Waals surface area contributed by atoms with Gasteiger partial charge in [0.2, 0.25) is 5.91 Å². The summed E-state index contributed by atoms with van der Waals surface area (Å²) < 4.78 is 4.66. The van der Waals surface area contributed by atoms with Gasteiger partial charge in [0, 0.05) is 18.7 Å². The molecule has 1 amide bonds. The fourth-order valence-electron chi connectivity index (χ4n) is 1.99. The van der Waals surface area contributed by atoms with Crippen molar-refractivity contribution < 1.29 is 24.2 Å². The molecule has 0 unspecified atom stereocenters. The number of hydrogen-bond donors (Lipinski definition) is 1. The normalized spacial score (nSPS) is 10.1. The maximum atomic E-state index is 12.3. The number of carboxylic acid groups (broad SMARTS) is 1. The number of unbranched alkanes of at least 4 members (excludes halogenated alkanes) is 1. The molecule has 1 rings (SSSR count). The van der Waals surface area contributed by atoms with Gasteiger partial charge in [-0.3, -0.25) is 9.59 Å². The highest BCUT2D eigenvalue weighted by molar-refractivity contribution is 5.96. The summed E-state index contributed by atoms with van der Waals surface area (Å²) in [5.74, 6) is -1.62. The first-order chi connectivity index (χ1) is 10.5. The van der Waals surface area contributed by atoms with E-state index in [0.29, 0.717) is 17.7 Å². The van der Waals surface area contributed by atoms with Gasteiger partial charge in [-0.1, -0.05) is 19.4 Å². The molecular weight excluding hydrogens is 286 g/mol. The van der Waals surface area contributed by atoms with Crippen LogP contribution in [-0.4, -0.2) is 36.6 Å². The Morgan fingerprint density at radius 1 is 1.23 bits per heavy atom. The van der Waals surface area contributed by atoms with E-state index in [1.807, 2.05) is 6.92 Å². The molecule has 1 aromatic rings. The Bertz CT molecular complexity index is 541. The van der Waals surface area contributed by atoms with E-state index in [4.69, 9.17) is 5.11 Å². The summed E-state index contributed by atoms with van der Waals surface area (Å²) in [5, 5.41) is 8.84. The largest absolute Gasteiger partial charge is 0.481 e. The molecule has 120 valence electrons. The molecule has 0 aliphatic rings. The van der Waals surface area contributed by atoms with Gasteiger partial charge in [-0.25, -0.2) is 4.79 Å². The number of esters is 1. The molecule has 1 N–H and O–H groups in total. The standard InChI is InChI=1S/C16H21NO5/c1-3-4-8-14(18)17(10-9-15(19)20)13-7-5-6-12(11-13)16(21)22-2/h5-7,11H,3-4,8-10H2,1-2H3,(H,19,20). The van der Waals surface area contributed by atoms with Gasteiger partial charge in [0.05, 0.1) is 19.1 Å². The molecule has 0 saturated heterocycles. The molecule has 0 atom stereocenters. The van der Waals surface area contributed by atoms with Crippen LogP contribution in [-0.2, 0) is 14.3 Å². The molecule has 6 heteroatoms. The number of aliphatic carboxylic acids is 1. The molecule has 0 saturated carbocycles. The summed E-state index contributed by atoms with van der Waals surface area (Å²) in [6.07, 6.45) is 1.80. The van der Waals surface area contributed by atoms with Gasteiger partial charge >= 0.3 is 11.9 Å². The monoisotopic (exact) mass is 307 g/mol. The molecule has 6 nitrogen and oxygen atoms in total. The van der Waals surface area contributed by atoms with Crippen LogP contribution in [0.25, 0.3) is 0 Å². The second kappa shape index (κ2) is 8.81. The zero-order valence-corrected chi connectivity index (χ0v) is 12.9. The number of carbonyl (C=O) groups is 3. The smallest absolute Gasteiger partial charge is 0.337 e. The van der Waals surface area contributed by atoms with Crippen molar-refractivity contribution in [3.8, 4) is 0 Å². The zero-order chi connectivity index (χ0) is 16.5. The summed E-state index contributed by atoms with van der Waals surface area (Å²) in [6.45, 7) is 2.05. The Balaban J connectivity index is 3.00. The minimum absolute atomic E-state index is 0.0719. The Kier molecular flexibility index (Phi) is 7.08. The number of benzene rings is 1. The topological polar surface area (TPSA) is 83.9 Å². The Morgan fingerprint density at radius 3 is 2.55 bits per heavy atom. The number of methoxy groups -OCH3 is 1. The van der Waals surface area contributed by atoms with E-state index >= 15 is 0 Å². The minimum atomic E-state index is -0.975. The number of hydrogen-bond acceptors (Lipinski definition) is 4. The molecule has 0 aliphatic heterocycles. The fourth-order valence-corrected chi connectivity index (χ4v) is 1.99. The van der Waals surface area contributed by atoms with E-state index < -0.39 is 11.9 Å². The van der Waals surface area contributed by atoms with Gasteiger partial charge in [-0.05, 0) is 24.6 Å². The van der Waals surface area contributed by atoms with Gasteiger partial charge in [0.25, 0.3) is 0 Å². The van der Waals surface area contributed by atoms with Crippen molar-refractivity contribution >= 4 is 23.5 Å². The van der Waals surface area contributed by atoms with Crippen LogP contribution in [0, 0.1) is 0 Å². The highest BCUT2D eigenvalue weighted by Gasteiger charge is 2.18. The lowest BCUT2D eigenvalue weighted by Crippen LogP contribution is -2.33. The number of carboxylic acids is 1. The molecule has 1 aromatic carbocycles. The van der Waals surface area contributed by atoms with Crippen LogP contribution in [0.5, 0.6) is 0 Å². The van der Waals surface area contributed by atoms with Crippen molar-refractivity contribution in [3.05, 3.63) is 29.8 Å². The van der Waals surface area contributed by atoms with Crippen molar-refractivity contribution in [2.24, 2.45) is 0 Å². The fraction of sp³-hybridized carbons (Fsp3) is 0.438. The molecule has 0 heterocycles. The molecule has 0 aromatic heterocycles. The van der Waals surface area contributed by atoms with Crippen LogP contribution in [0.15, 0.2) is 24.3 Å². The number of rotatable bonds is 8. The quantitative estimate of drug-likeness (QED) is 0.746. The molecule has 22 heavy (non-hydrogen) atoms. The van der Waals surface area contributed by atoms with Gasteiger partial charge in [0.15, 0.2) is 0 Å². The lowest BCUT2D eigenvalue weighted by Gasteiger charge is -2.22. The number of ether oxygens (including phenoxy) is 1. The van der Waals surface area contributed by atoms with Crippen molar-refractivity contribution in [1.29, 1.82) is 0 Å². The third-order valence-electron chi connectivity index (χ3n) is 3.17. The van der Waals surface area contributed by atoms with Crippen LogP contribution in [0.2, 0.25) is 0 Å². The number of carbonyl (C=O) groups excluding carboxylic acids is 2. The first-order valence-corrected chi connectivity index (χ1v) is 7.20. The van der Waals surface area contributed by atoms with E-state index in [1.165, 1.54) is 18.1 Å². The van der Waals surface area contributed by atoms with E-state index in [1.54, 1.807) is 18.2 Å². The highest BCUT2D eigenvalue weighted by Crippen LogP contribution is 2.19. The van der Waals surface area contributed by atoms with Gasteiger partial charge in [0.1, 0.15) is 0 Å². The Hall–Kier alpha value is -2.37. The lowest BCUT2D eigenvalue weighted by molar-refractivity contribution is -0.136. The summed E-state index contributed by atoms with van der Waals surface area (Å²) in [7, 11) is 1.28. The average molecular weight is 307 g/mol. The van der Waals surface area contributed by atoms with Gasteiger partial charge in [-0.2, -0.15) is 0 Å². The summed E-state index contributed by atoms with van der Waals surface area (Å²) in [4.78, 5) is 36.1. The van der Waals surface area contributed by atoms with E-state index in [-0.39, 0.29) is 18.9 Å². The average Bonchev–Trinajstić information content (AvgIpc) is 2.52. The molecule has 0 fully saturated rings. The third kappa shape index (κ3) is 5.20. The van der Waals surface area contributed by atoms with E-state index in [9.17, 15) is 14.4 Å². The minimum Gasteiger partial charge on any atom is -0.481 e. The maximum absolute atomic E-state index is 12.3. The van der Waals surface area contributed by atoms with E-state index in [0.717, 1.165) is 12.8 Å². The summed E-state index contributed by atoms with van der Waals surface area (Å²) in [6, 6.07) is 6.44. The SMILES string of the molecule is CCCCC(=O)N(CCC(=O)O)c1cccc(C(=O)OC)c1. The first kappa shape index (κ1) is 17.7. The van der Waals surface area contributed by atoms with Crippen molar-refractivity contribution in [1.82, 2.24) is 0 Å². The summed E-state index contributed by atoms with van der Waals surface area (Å²) >= 11 is 0. The molecule has 0 aliphatic carbocycles. The lowest BCUT2D eigenvalue weighted by atomic mass is 10.1. The van der Waals surface area contributed by atoms with Crippen LogP contribution in [0.3, 0.4) is 0 Å². The third-order valence-corrected chi connectivity index (χ3v) is 3.17. The van der Waals surface area contributed by atoms with Crippen molar-refractivity contribution in [2.75, 3.05) is 18.6 Å². The van der Waals surface area contributed by atoms with Crippen LogP contribution < -0.4 is 4.90 Å². The van der Waals surface area contributed by atoms with Crippen molar-refractivity contribution in [3.63, 3.8) is 0 Å². The molecular formula is C16H21NO5. The molecule has 0 bridgehead atoms. The Labute approximate surface area is 129 Å². The predicted octanol–water partition coefficient (Wildman–Crippen LogP) is 2.47. The second-order valence-electron chi connectivity index (χ2n) is 4.83. The van der Waals surface area contributed by atoms with Crippen LogP contribution in [0.1, 0.15) is 43.0 Å². The highest BCUT2D eigenvalue weighted by atomic mass is 16.5. The number of nitrogens with zero attached hydrogens (tertiary/aromatic N) is 1.